The van der Waals surface area contributed by atoms with Gasteiger partial charge in [-0.1, -0.05) is 18.2 Å². The maximum Gasteiger partial charge on any atom is 0.120 e. The molecule has 0 aromatic heterocycles. The Labute approximate surface area is 96.9 Å². The third-order valence-electron chi connectivity index (χ3n) is 3.58. The van der Waals surface area contributed by atoms with Crippen molar-refractivity contribution in [1.82, 2.24) is 4.90 Å². The second kappa shape index (κ2) is 4.85. The Kier molecular flexibility index (Phi) is 3.46. The van der Waals surface area contributed by atoms with E-state index in [9.17, 15) is 5.11 Å². The number of likely N-dealkylation sites (tertiary alicyclic amines) is 1. The van der Waals surface area contributed by atoms with E-state index in [1.54, 1.807) is 6.07 Å². The molecule has 1 fully saturated rings. The molecule has 1 heterocycles. The molecule has 0 radical (unpaired) electrons. The predicted molar refractivity (Wildman–Crippen MR) is 65.3 cm³/mol. The van der Waals surface area contributed by atoms with Crippen LogP contribution in [0.25, 0.3) is 0 Å². The molecular weight excluding hydrogens is 200 g/mol. The summed E-state index contributed by atoms with van der Waals surface area (Å²) in [6, 6.07) is 8.28. The fraction of sp³-hybridized carbons (Fsp3) is 0.538. The van der Waals surface area contributed by atoms with E-state index >= 15 is 0 Å². The standard InChI is InChI=1S/C13H20N2O/c1-10(12-6-2-3-7-13(12)16)15-8-4-5-11(15)9-14/h2-3,6-7,10-11,16H,4-5,8-9,14H2,1H3. The predicted octanol–water partition coefficient (Wildman–Crippen LogP) is 1.88. The molecule has 1 saturated heterocycles. The van der Waals surface area contributed by atoms with Crippen LogP contribution in [0.15, 0.2) is 24.3 Å². The molecular formula is C13H20N2O. The Morgan fingerprint density at radius 2 is 2.25 bits per heavy atom. The fourth-order valence-corrected chi connectivity index (χ4v) is 2.64. The fourth-order valence-electron chi connectivity index (χ4n) is 2.64. The van der Waals surface area contributed by atoms with E-state index in [1.807, 2.05) is 18.2 Å². The number of phenols is 1. The van der Waals surface area contributed by atoms with E-state index in [4.69, 9.17) is 5.73 Å². The van der Waals surface area contributed by atoms with E-state index in [0.717, 1.165) is 12.1 Å². The summed E-state index contributed by atoms with van der Waals surface area (Å²) in [6.45, 7) is 3.93. The Hall–Kier alpha value is -1.06. The van der Waals surface area contributed by atoms with Gasteiger partial charge in [0.25, 0.3) is 0 Å². The monoisotopic (exact) mass is 220 g/mol. The van der Waals surface area contributed by atoms with Crippen molar-refractivity contribution >= 4 is 0 Å². The van der Waals surface area contributed by atoms with Crippen molar-refractivity contribution < 1.29 is 5.11 Å². The summed E-state index contributed by atoms with van der Waals surface area (Å²) in [6.07, 6.45) is 2.38. The number of nitrogens with two attached hydrogens (primary N) is 1. The van der Waals surface area contributed by atoms with Crippen molar-refractivity contribution in [1.29, 1.82) is 0 Å². The molecule has 1 aromatic rings. The molecule has 0 saturated carbocycles. The van der Waals surface area contributed by atoms with Crippen LogP contribution in [0.1, 0.15) is 31.4 Å². The molecule has 2 unspecified atom stereocenters. The topological polar surface area (TPSA) is 49.5 Å². The van der Waals surface area contributed by atoms with Gasteiger partial charge in [-0.05, 0) is 32.4 Å². The molecule has 3 nitrogen and oxygen atoms in total. The van der Waals surface area contributed by atoms with Crippen LogP contribution in [0.4, 0.5) is 0 Å². The van der Waals surface area contributed by atoms with E-state index < -0.39 is 0 Å². The van der Waals surface area contributed by atoms with Gasteiger partial charge in [0, 0.05) is 24.2 Å². The molecule has 1 aliphatic rings. The first kappa shape index (κ1) is 11.4. The number of para-hydroxylation sites is 1. The van der Waals surface area contributed by atoms with Gasteiger partial charge in [-0.15, -0.1) is 0 Å². The van der Waals surface area contributed by atoms with Crippen molar-refractivity contribution in [3.8, 4) is 5.75 Å². The first-order valence-electron chi connectivity index (χ1n) is 5.97. The maximum atomic E-state index is 9.84. The molecule has 0 amide bonds. The van der Waals surface area contributed by atoms with E-state index in [-0.39, 0.29) is 6.04 Å². The van der Waals surface area contributed by atoms with Crippen LogP contribution in [-0.4, -0.2) is 29.1 Å². The first-order valence-corrected chi connectivity index (χ1v) is 5.97. The van der Waals surface area contributed by atoms with Crippen molar-refractivity contribution in [2.45, 2.75) is 31.8 Å². The number of nitrogens with zero attached hydrogens (tertiary/aromatic N) is 1. The highest BCUT2D eigenvalue weighted by Crippen LogP contribution is 2.32. The summed E-state index contributed by atoms with van der Waals surface area (Å²) in [7, 11) is 0. The zero-order valence-corrected chi connectivity index (χ0v) is 9.76. The quantitative estimate of drug-likeness (QED) is 0.817. The van der Waals surface area contributed by atoms with Crippen LogP contribution in [0.2, 0.25) is 0 Å². The molecule has 3 heteroatoms. The highest BCUT2D eigenvalue weighted by atomic mass is 16.3. The van der Waals surface area contributed by atoms with Gasteiger partial charge in [-0.2, -0.15) is 0 Å². The molecule has 0 spiro atoms. The number of hydrogen-bond acceptors (Lipinski definition) is 3. The second-order valence-corrected chi connectivity index (χ2v) is 4.50. The van der Waals surface area contributed by atoms with E-state index in [1.165, 1.54) is 12.8 Å². The molecule has 2 rings (SSSR count). The molecule has 2 atom stereocenters. The van der Waals surface area contributed by atoms with Gasteiger partial charge in [-0.3, -0.25) is 4.90 Å². The van der Waals surface area contributed by atoms with E-state index in [2.05, 4.69) is 11.8 Å². The van der Waals surface area contributed by atoms with Gasteiger partial charge in [0.15, 0.2) is 0 Å². The van der Waals surface area contributed by atoms with Gasteiger partial charge < -0.3 is 10.8 Å². The second-order valence-electron chi connectivity index (χ2n) is 4.50. The highest BCUT2D eigenvalue weighted by Gasteiger charge is 2.28. The molecule has 0 bridgehead atoms. The Balaban J connectivity index is 2.18. The van der Waals surface area contributed by atoms with Crippen molar-refractivity contribution in [3.63, 3.8) is 0 Å². The normalized spacial score (nSPS) is 23.5. The van der Waals surface area contributed by atoms with Crippen LogP contribution in [0, 0.1) is 0 Å². The number of phenolic OH excluding ortho intramolecular Hbond substituents is 1. The minimum Gasteiger partial charge on any atom is -0.508 e. The SMILES string of the molecule is CC(c1ccccc1O)N1CCCC1CN. The summed E-state index contributed by atoms with van der Waals surface area (Å²) in [4.78, 5) is 2.40. The van der Waals surface area contributed by atoms with Gasteiger partial charge in [0.2, 0.25) is 0 Å². The summed E-state index contributed by atoms with van der Waals surface area (Å²) in [5.41, 5.74) is 6.78. The number of rotatable bonds is 3. The lowest BCUT2D eigenvalue weighted by molar-refractivity contribution is 0.194. The van der Waals surface area contributed by atoms with Crippen LogP contribution in [0.5, 0.6) is 5.75 Å². The van der Waals surface area contributed by atoms with Gasteiger partial charge in [0.1, 0.15) is 5.75 Å². The lowest BCUT2D eigenvalue weighted by Gasteiger charge is -2.30. The number of hydrogen-bond donors (Lipinski definition) is 2. The van der Waals surface area contributed by atoms with Crippen molar-refractivity contribution in [2.24, 2.45) is 5.73 Å². The van der Waals surface area contributed by atoms with Crippen LogP contribution >= 0.6 is 0 Å². The maximum absolute atomic E-state index is 9.84. The van der Waals surface area contributed by atoms with E-state index in [0.29, 0.717) is 18.3 Å². The smallest absolute Gasteiger partial charge is 0.120 e. The molecule has 88 valence electrons. The summed E-state index contributed by atoms with van der Waals surface area (Å²) < 4.78 is 0. The highest BCUT2D eigenvalue weighted by molar-refractivity contribution is 5.34. The average molecular weight is 220 g/mol. The summed E-state index contributed by atoms with van der Waals surface area (Å²) >= 11 is 0. The first-order chi connectivity index (χ1) is 7.74. The lowest BCUT2D eigenvalue weighted by atomic mass is 10.0. The zero-order valence-electron chi connectivity index (χ0n) is 9.76. The third-order valence-corrected chi connectivity index (χ3v) is 3.58. The summed E-state index contributed by atoms with van der Waals surface area (Å²) in [5, 5.41) is 9.84. The minimum atomic E-state index is 0.247. The Bertz CT molecular complexity index is 354. The van der Waals surface area contributed by atoms with Crippen LogP contribution in [-0.2, 0) is 0 Å². The zero-order chi connectivity index (χ0) is 11.5. The molecule has 16 heavy (non-hydrogen) atoms. The Morgan fingerprint density at radius 3 is 2.94 bits per heavy atom. The molecule has 0 aliphatic carbocycles. The average Bonchev–Trinajstić information content (AvgIpc) is 2.77. The van der Waals surface area contributed by atoms with Gasteiger partial charge in [-0.25, -0.2) is 0 Å². The Morgan fingerprint density at radius 1 is 1.50 bits per heavy atom. The largest absolute Gasteiger partial charge is 0.508 e. The summed E-state index contributed by atoms with van der Waals surface area (Å²) in [5.74, 6) is 0.387. The number of benzene rings is 1. The van der Waals surface area contributed by atoms with Crippen LogP contribution < -0.4 is 5.73 Å². The lowest BCUT2D eigenvalue weighted by Crippen LogP contribution is -2.37. The van der Waals surface area contributed by atoms with Crippen molar-refractivity contribution in [3.05, 3.63) is 29.8 Å². The van der Waals surface area contributed by atoms with Gasteiger partial charge >= 0.3 is 0 Å². The molecule has 3 N–H and O–H groups in total. The molecule has 1 aromatic carbocycles. The van der Waals surface area contributed by atoms with Crippen molar-refractivity contribution in [2.75, 3.05) is 13.1 Å². The molecule has 1 aliphatic heterocycles. The van der Waals surface area contributed by atoms with Crippen LogP contribution in [0.3, 0.4) is 0 Å². The minimum absolute atomic E-state index is 0.247. The third kappa shape index (κ3) is 2.06. The number of aromatic hydroxyl groups is 1. The van der Waals surface area contributed by atoms with Gasteiger partial charge in [0.05, 0.1) is 0 Å².